The van der Waals surface area contributed by atoms with Crippen LogP contribution in [-0.4, -0.2) is 31.5 Å². The molecule has 1 aromatic heterocycles. The maximum atomic E-state index is 13.0. The van der Waals surface area contributed by atoms with E-state index in [4.69, 9.17) is 5.41 Å². The van der Waals surface area contributed by atoms with E-state index in [9.17, 15) is 4.79 Å². The Hall–Kier alpha value is -2.93. The summed E-state index contributed by atoms with van der Waals surface area (Å²) in [6, 6.07) is 8.38. The van der Waals surface area contributed by atoms with Crippen LogP contribution in [0.1, 0.15) is 73.0 Å². The SMILES string of the molecule is Cc1cccc(C)c1-n1c(C)cc(/C=C2/C(=N)N3N=C(CCC4CCCCC4)SC3=NC2=O)c1C. The average Bonchev–Trinajstić information content (AvgIpc) is 3.36. The van der Waals surface area contributed by atoms with Gasteiger partial charge in [-0.3, -0.25) is 10.2 Å². The number of nitrogens with zero attached hydrogens (tertiary/aromatic N) is 4. The summed E-state index contributed by atoms with van der Waals surface area (Å²) in [5, 5.41) is 16.5. The molecule has 0 radical (unpaired) electrons. The maximum Gasteiger partial charge on any atom is 0.283 e. The topological polar surface area (TPSA) is 73.8 Å². The predicted octanol–water partition coefficient (Wildman–Crippen LogP) is 6.69. The van der Waals surface area contributed by atoms with E-state index in [2.05, 4.69) is 66.6 Å². The molecule has 1 amide bonds. The number of amides is 1. The molecule has 35 heavy (non-hydrogen) atoms. The maximum absolute atomic E-state index is 13.0. The van der Waals surface area contributed by atoms with Crippen LogP contribution in [0.25, 0.3) is 11.8 Å². The largest absolute Gasteiger partial charge is 0.317 e. The summed E-state index contributed by atoms with van der Waals surface area (Å²) in [4.78, 5) is 17.2. The first-order valence-corrected chi connectivity index (χ1v) is 13.4. The van der Waals surface area contributed by atoms with Crippen LogP contribution in [0.3, 0.4) is 0 Å². The summed E-state index contributed by atoms with van der Waals surface area (Å²) in [6.45, 7) is 8.37. The molecule has 2 aliphatic heterocycles. The molecule has 2 aromatic rings. The van der Waals surface area contributed by atoms with Gasteiger partial charge in [0.15, 0.2) is 5.84 Å². The number of nitrogens with one attached hydrogen (secondary N) is 1. The number of carbonyl (C=O) groups is 1. The lowest BCUT2D eigenvalue weighted by molar-refractivity contribution is -0.114. The number of fused-ring (bicyclic) bond motifs is 1. The van der Waals surface area contributed by atoms with Gasteiger partial charge in [-0.2, -0.15) is 15.1 Å². The van der Waals surface area contributed by atoms with Crippen molar-refractivity contribution in [3.63, 3.8) is 0 Å². The number of hydrogen-bond donors (Lipinski definition) is 1. The highest BCUT2D eigenvalue weighted by atomic mass is 32.2. The number of carbonyl (C=O) groups excluding carboxylic acids is 1. The summed E-state index contributed by atoms with van der Waals surface area (Å²) in [6.07, 6.45) is 10.5. The fourth-order valence-electron chi connectivity index (χ4n) is 5.53. The molecule has 3 aliphatic rings. The number of para-hydroxylation sites is 1. The number of thioether (sulfide) groups is 1. The van der Waals surface area contributed by atoms with Gasteiger partial charge >= 0.3 is 0 Å². The zero-order valence-corrected chi connectivity index (χ0v) is 21.8. The molecule has 0 spiro atoms. The van der Waals surface area contributed by atoms with Crippen molar-refractivity contribution in [2.24, 2.45) is 16.0 Å². The summed E-state index contributed by atoms with van der Waals surface area (Å²) in [5.74, 6) is 0.515. The number of amidine groups is 2. The van der Waals surface area contributed by atoms with Gasteiger partial charge in [-0.15, -0.1) is 0 Å². The Morgan fingerprint density at radius 1 is 1.11 bits per heavy atom. The Morgan fingerprint density at radius 2 is 1.83 bits per heavy atom. The minimum absolute atomic E-state index is 0.108. The van der Waals surface area contributed by atoms with Gasteiger partial charge in [-0.05, 0) is 87.0 Å². The van der Waals surface area contributed by atoms with Gasteiger partial charge in [0.1, 0.15) is 5.04 Å². The zero-order chi connectivity index (χ0) is 24.7. The van der Waals surface area contributed by atoms with Crippen LogP contribution in [-0.2, 0) is 4.79 Å². The van der Waals surface area contributed by atoms with Crippen molar-refractivity contribution < 1.29 is 4.79 Å². The Morgan fingerprint density at radius 3 is 2.54 bits per heavy atom. The van der Waals surface area contributed by atoms with Crippen LogP contribution in [0.5, 0.6) is 0 Å². The molecule has 1 N–H and O–H groups in total. The number of hydrazone groups is 1. The molecule has 1 aromatic carbocycles. The molecule has 1 saturated carbocycles. The average molecular weight is 488 g/mol. The Balaban J connectivity index is 1.40. The van der Waals surface area contributed by atoms with Crippen molar-refractivity contribution in [1.82, 2.24) is 9.58 Å². The summed E-state index contributed by atoms with van der Waals surface area (Å²) >= 11 is 1.44. The minimum atomic E-state index is -0.366. The van der Waals surface area contributed by atoms with Crippen LogP contribution in [0.4, 0.5) is 0 Å². The van der Waals surface area contributed by atoms with E-state index >= 15 is 0 Å². The van der Waals surface area contributed by atoms with Gasteiger partial charge in [0.2, 0.25) is 5.17 Å². The van der Waals surface area contributed by atoms with E-state index in [0.29, 0.717) is 5.17 Å². The number of aryl methyl sites for hydroxylation is 3. The van der Waals surface area contributed by atoms with Crippen LogP contribution in [0.15, 0.2) is 39.9 Å². The molecule has 3 heterocycles. The monoisotopic (exact) mass is 487 g/mol. The Kier molecular flexibility index (Phi) is 6.53. The third-order valence-corrected chi connectivity index (χ3v) is 8.39. The third kappa shape index (κ3) is 4.54. The number of aromatic nitrogens is 1. The lowest BCUT2D eigenvalue weighted by Gasteiger charge is -2.20. The quantitative estimate of drug-likeness (QED) is 0.477. The smallest absolute Gasteiger partial charge is 0.283 e. The molecule has 5 rings (SSSR count). The van der Waals surface area contributed by atoms with Crippen molar-refractivity contribution in [3.05, 3.63) is 57.9 Å². The van der Waals surface area contributed by atoms with E-state index in [1.165, 1.54) is 60.7 Å². The second kappa shape index (κ2) is 9.61. The number of aliphatic imine (C=N–C) groups is 1. The molecule has 182 valence electrons. The third-order valence-electron chi connectivity index (χ3n) is 7.42. The van der Waals surface area contributed by atoms with Gasteiger partial charge < -0.3 is 4.57 Å². The van der Waals surface area contributed by atoms with Crippen LogP contribution >= 0.6 is 11.8 Å². The number of benzene rings is 1. The second-order valence-electron chi connectivity index (χ2n) is 9.96. The highest BCUT2D eigenvalue weighted by Crippen LogP contribution is 2.34. The van der Waals surface area contributed by atoms with Crippen molar-refractivity contribution in [1.29, 1.82) is 5.41 Å². The normalized spacial score (nSPS) is 19.9. The highest BCUT2D eigenvalue weighted by molar-refractivity contribution is 8.26. The fourth-order valence-corrected chi connectivity index (χ4v) is 6.43. The number of hydrogen-bond acceptors (Lipinski definition) is 4. The van der Waals surface area contributed by atoms with E-state index in [1.807, 2.05) is 0 Å². The highest BCUT2D eigenvalue weighted by Gasteiger charge is 2.36. The molecule has 1 aliphatic carbocycles. The molecular formula is C28H33N5OS. The molecule has 1 fully saturated rings. The first-order valence-electron chi connectivity index (χ1n) is 12.6. The summed E-state index contributed by atoms with van der Waals surface area (Å²) in [5.41, 5.74) is 6.90. The summed E-state index contributed by atoms with van der Waals surface area (Å²) in [7, 11) is 0. The second-order valence-corrected chi connectivity index (χ2v) is 11.0. The lowest BCUT2D eigenvalue weighted by Crippen LogP contribution is -2.35. The molecule has 0 saturated heterocycles. The molecule has 0 unspecified atom stereocenters. The molecule has 0 atom stereocenters. The first kappa shape index (κ1) is 23.8. The van der Waals surface area contributed by atoms with Crippen molar-refractivity contribution >= 4 is 39.8 Å². The van der Waals surface area contributed by atoms with Gasteiger partial charge in [-0.25, -0.2) is 0 Å². The lowest BCUT2D eigenvalue weighted by atomic mass is 9.86. The molecule has 7 heteroatoms. The van der Waals surface area contributed by atoms with Crippen molar-refractivity contribution in [2.45, 2.75) is 72.6 Å². The van der Waals surface area contributed by atoms with Gasteiger partial charge in [0.25, 0.3) is 5.91 Å². The Bertz CT molecular complexity index is 1270. The molecule has 0 bridgehead atoms. The fraction of sp³-hybridized carbons (Fsp3) is 0.429. The van der Waals surface area contributed by atoms with Crippen LogP contribution < -0.4 is 0 Å². The van der Waals surface area contributed by atoms with E-state index in [-0.39, 0.29) is 17.3 Å². The van der Waals surface area contributed by atoms with E-state index < -0.39 is 0 Å². The van der Waals surface area contributed by atoms with Crippen molar-refractivity contribution in [2.75, 3.05) is 0 Å². The van der Waals surface area contributed by atoms with E-state index in [0.717, 1.165) is 40.8 Å². The standard InChI is InChI=1S/C28H33N5OS/c1-17-9-8-10-18(2)25(17)32-19(3)15-22(20(32)4)16-23-26(29)33-28(30-27(23)34)35-24(31-33)14-13-21-11-6-5-7-12-21/h8-10,15-16,21,29H,5-7,11-14H2,1-4H3/b23-16-,29-26?. The Labute approximate surface area is 211 Å². The number of rotatable bonds is 5. The molecular weight excluding hydrogens is 454 g/mol. The first-order chi connectivity index (χ1) is 16.8. The van der Waals surface area contributed by atoms with Crippen LogP contribution in [0, 0.1) is 39.0 Å². The minimum Gasteiger partial charge on any atom is -0.317 e. The van der Waals surface area contributed by atoms with Crippen LogP contribution in [0.2, 0.25) is 0 Å². The predicted molar refractivity (Wildman–Crippen MR) is 146 cm³/mol. The van der Waals surface area contributed by atoms with Gasteiger partial charge in [0, 0.05) is 11.4 Å². The summed E-state index contributed by atoms with van der Waals surface area (Å²) < 4.78 is 2.23. The zero-order valence-electron chi connectivity index (χ0n) is 21.0. The van der Waals surface area contributed by atoms with Gasteiger partial charge in [-0.1, -0.05) is 50.3 Å². The molecule has 6 nitrogen and oxygen atoms in total. The van der Waals surface area contributed by atoms with Gasteiger partial charge in [0.05, 0.1) is 11.3 Å². The van der Waals surface area contributed by atoms with E-state index in [1.54, 1.807) is 11.1 Å². The van der Waals surface area contributed by atoms with Crippen molar-refractivity contribution in [3.8, 4) is 5.69 Å².